The van der Waals surface area contributed by atoms with Crippen molar-refractivity contribution in [3.05, 3.63) is 54.1 Å². The lowest BCUT2D eigenvalue weighted by atomic mass is 10.1. The number of hydrogen-bond acceptors (Lipinski definition) is 5. The number of guanidine groups is 1. The van der Waals surface area contributed by atoms with Crippen LogP contribution in [0.4, 0.5) is 5.82 Å². The number of aliphatic imine (C=N–C) groups is 1. The lowest BCUT2D eigenvalue weighted by molar-refractivity contribution is 0.459. The zero-order valence-corrected chi connectivity index (χ0v) is 17.8. The van der Waals surface area contributed by atoms with Gasteiger partial charge in [0.1, 0.15) is 11.6 Å². The van der Waals surface area contributed by atoms with E-state index in [-0.39, 0.29) is 0 Å². The van der Waals surface area contributed by atoms with Crippen LogP contribution in [0.5, 0.6) is 0 Å². The van der Waals surface area contributed by atoms with Crippen molar-refractivity contribution in [1.29, 1.82) is 0 Å². The zero-order chi connectivity index (χ0) is 20.8. The number of rotatable bonds is 6. The maximum Gasteiger partial charge on any atom is 0.191 e. The number of pyridine rings is 2. The molecule has 4 rings (SSSR count). The minimum absolute atomic E-state index is 0.415. The van der Waals surface area contributed by atoms with E-state index >= 15 is 0 Å². The van der Waals surface area contributed by atoms with Crippen LogP contribution in [0.15, 0.2) is 47.6 Å². The molecule has 2 N–H and O–H groups in total. The van der Waals surface area contributed by atoms with Crippen molar-refractivity contribution in [2.75, 3.05) is 31.1 Å². The molecule has 3 aromatic heterocycles. The predicted octanol–water partition coefficient (Wildman–Crippen LogP) is 2.20. The number of nitrogens with zero attached hydrogens (tertiary/aromatic N) is 6. The van der Waals surface area contributed by atoms with Gasteiger partial charge in [0.05, 0.1) is 0 Å². The molecule has 158 valence electrons. The molecule has 0 radical (unpaired) electrons. The molecule has 0 bridgehead atoms. The summed E-state index contributed by atoms with van der Waals surface area (Å²) in [5.41, 5.74) is 1.94. The Morgan fingerprint density at radius 3 is 2.80 bits per heavy atom. The Morgan fingerprint density at radius 1 is 1.13 bits per heavy atom. The van der Waals surface area contributed by atoms with Gasteiger partial charge >= 0.3 is 0 Å². The normalized spacial score (nSPS) is 15.5. The van der Waals surface area contributed by atoms with Gasteiger partial charge in [-0.3, -0.25) is 9.39 Å². The topological polar surface area (TPSA) is 82.7 Å². The molecule has 0 saturated carbocycles. The molecule has 1 fully saturated rings. The van der Waals surface area contributed by atoms with Crippen molar-refractivity contribution >= 4 is 17.4 Å². The summed E-state index contributed by atoms with van der Waals surface area (Å²) >= 11 is 0. The average molecular weight is 407 g/mol. The quantitative estimate of drug-likeness (QED) is 0.482. The van der Waals surface area contributed by atoms with Crippen LogP contribution in [0.3, 0.4) is 0 Å². The number of aromatic nitrogens is 4. The summed E-state index contributed by atoms with van der Waals surface area (Å²) < 4.78 is 2.02. The highest BCUT2D eigenvalue weighted by molar-refractivity contribution is 5.80. The summed E-state index contributed by atoms with van der Waals surface area (Å²) in [6.07, 6.45) is 4.87. The standard InChI is InChI=1S/C22H30N8/c1-3-23-22(24-13-10-21-28-27-20-8-4-5-14-30(20)21)26-18-11-15-29(16-12-18)19-9-6-7-17(2)25-19/h4-9,14,18H,3,10-13,15-16H2,1-2H3,(H2,23,24,26). The smallest absolute Gasteiger partial charge is 0.191 e. The van der Waals surface area contributed by atoms with Gasteiger partial charge in [0.2, 0.25) is 0 Å². The van der Waals surface area contributed by atoms with Crippen LogP contribution < -0.4 is 15.5 Å². The van der Waals surface area contributed by atoms with E-state index in [1.165, 1.54) is 0 Å². The highest BCUT2D eigenvalue weighted by Gasteiger charge is 2.21. The van der Waals surface area contributed by atoms with Crippen LogP contribution in [-0.2, 0) is 6.42 Å². The fourth-order valence-corrected chi connectivity index (χ4v) is 3.80. The molecule has 0 unspecified atom stereocenters. The monoisotopic (exact) mass is 406 g/mol. The van der Waals surface area contributed by atoms with Crippen molar-refractivity contribution < 1.29 is 0 Å². The van der Waals surface area contributed by atoms with Crippen molar-refractivity contribution in [2.45, 2.75) is 39.2 Å². The number of aryl methyl sites for hydroxylation is 1. The van der Waals surface area contributed by atoms with Crippen molar-refractivity contribution in [1.82, 2.24) is 30.2 Å². The Morgan fingerprint density at radius 2 is 2.00 bits per heavy atom. The Hall–Kier alpha value is -3.16. The van der Waals surface area contributed by atoms with E-state index in [4.69, 9.17) is 4.99 Å². The Balaban J connectivity index is 1.31. The SMILES string of the molecule is CCNC(=NCCc1nnc2ccccn12)NC1CCN(c2cccc(C)n2)CC1. The molecule has 8 heteroatoms. The molecular weight excluding hydrogens is 376 g/mol. The molecule has 0 aromatic carbocycles. The van der Waals surface area contributed by atoms with E-state index < -0.39 is 0 Å². The number of fused-ring (bicyclic) bond motifs is 1. The van der Waals surface area contributed by atoms with E-state index in [2.05, 4.69) is 49.8 Å². The summed E-state index contributed by atoms with van der Waals surface area (Å²) in [5, 5.41) is 15.5. The lowest BCUT2D eigenvalue weighted by Gasteiger charge is -2.34. The molecule has 0 aliphatic carbocycles. The third-order valence-corrected chi connectivity index (χ3v) is 5.37. The third-order valence-electron chi connectivity index (χ3n) is 5.37. The van der Waals surface area contributed by atoms with Crippen LogP contribution >= 0.6 is 0 Å². The molecule has 3 aromatic rings. The molecule has 0 atom stereocenters. The van der Waals surface area contributed by atoms with E-state index in [9.17, 15) is 0 Å². The van der Waals surface area contributed by atoms with E-state index in [0.717, 1.165) is 67.8 Å². The first-order valence-corrected chi connectivity index (χ1v) is 10.7. The fourth-order valence-electron chi connectivity index (χ4n) is 3.80. The second kappa shape index (κ2) is 9.56. The van der Waals surface area contributed by atoms with Gasteiger partial charge in [0.25, 0.3) is 0 Å². The maximum atomic E-state index is 4.77. The van der Waals surface area contributed by atoms with Gasteiger partial charge < -0.3 is 15.5 Å². The lowest BCUT2D eigenvalue weighted by Crippen LogP contribution is -2.49. The number of hydrogen-bond donors (Lipinski definition) is 2. The van der Waals surface area contributed by atoms with Gasteiger partial charge in [-0.15, -0.1) is 10.2 Å². The highest BCUT2D eigenvalue weighted by Crippen LogP contribution is 2.18. The van der Waals surface area contributed by atoms with Crippen LogP contribution in [0.1, 0.15) is 31.3 Å². The fraction of sp³-hybridized carbons (Fsp3) is 0.455. The van der Waals surface area contributed by atoms with Crippen molar-refractivity contribution in [3.8, 4) is 0 Å². The number of piperidine rings is 1. The first kappa shape index (κ1) is 20.1. The second-order valence-corrected chi connectivity index (χ2v) is 7.60. The molecule has 1 aliphatic rings. The summed E-state index contributed by atoms with van der Waals surface area (Å²) in [4.78, 5) is 11.8. The number of anilines is 1. The maximum absolute atomic E-state index is 4.77. The zero-order valence-electron chi connectivity index (χ0n) is 17.8. The highest BCUT2D eigenvalue weighted by atomic mass is 15.3. The Kier molecular flexibility index (Phi) is 6.41. The summed E-state index contributed by atoms with van der Waals surface area (Å²) in [5.74, 6) is 2.89. The van der Waals surface area contributed by atoms with Gasteiger partial charge in [0, 0.05) is 50.5 Å². The number of nitrogens with one attached hydrogen (secondary N) is 2. The van der Waals surface area contributed by atoms with Crippen LogP contribution in [0.2, 0.25) is 0 Å². The first-order chi connectivity index (χ1) is 14.7. The van der Waals surface area contributed by atoms with Crippen LogP contribution in [0, 0.1) is 6.92 Å². The molecule has 1 aliphatic heterocycles. The average Bonchev–Trinajstić information content (AvgIpc) is 3.18. The van der Waals surface area contributed by atoms with Gasteiger partial charge in [-0.1, -0.05) is 12.1 Å². The Labute approximate surface area is 177 Å². The molecular formula is C22H30N8. The van der Waals surface area contributed by atoms with Crippen molar-refractivity contribution in [2.24, 2.45) is 4.99 Å². The van der Waals surface area contributed by atoms with Crippen molar-refractivity contribution in [3.63, 3.8) is 0 Å². The third kappa shape index (κ3) is 4.87. The second-order valence-electron chi connectivity index (χ2n) is 7.60. The van der Waals surface area contributed by atoms with Gasteiger partial charge in [-0.25, -0.2) is 4.98 Å². The van der Waals surface area contributed by atoms with E-state index in [1.807, 2.05) is 41.8 Å². The molecule has 1 saturated heterocycles. The van der Waals surface area contributed by atoms with E-state index in [0.29, 0.717) is 12.6 Å². The van der Waals surface area contributed by atoms with Crippen LogP contribution in [0.25, 0.3) is 5.65 Å². The van der Waals surface area contributed by atoms with Crippen LogP contribution in [-0.4, -0.2) is 57.8 Å². The van der Waals surface area contributed by atoms with Gasteiger partial charge in [-0.2, -0.15) is 0 Å². The van der Waals surface area contributed by atoms with Gasteiger partial charge in [0.15, 0.2) is 11.6 Å². The summed E-state index contributed by atoms with van der Waals surface area (Å²) in [7, 11) is 0. The minimum Gasteiger partial charge on any atom is -0.357 e. The molecule has 0 amide bonds. The largest absolute Gasteiger partial charge is 0.357 e. The predicted molar refractivity (Wildman–Crippen MR) is 120 cm³/mol. The van der Waals surface area contributed by atoms with Gasteiger partial charge in [-0.05, 0) is 51.0 Å². The first-order valence-electron chi connectivity index (χ1n) is 10.7. The minimum atomic E-state index is 0.415. The Bertz CT molecular complexity index is 987. The molecule has 0 spiro atoms. The molecule has 8 nitrogen and oxygen atoms in total. The molecule has 4 heterocycles. The molecule has 30 heavy (non-hydrogen) atoms. The summed E-state index contributed by atoms with van der Waals surface area (Å²) in [6.45, 7) is 7.63. The van der Waals surface area contributed by atoms with E-state index in [1.54, 1.807) is 0 Å². The summed E-state index contributed by atoms with van der Waals surface area (Å²) in [6, 6.07) is 12.6.